The van der Waals surface area contributed by atoms with Crippen LogP contribution in [0.25, 0.3) is 0 Å². The average molecular weight is 435 g/mol. The number of hydrogen-bond donors (Lipinski definition) is 0. The van der Waals surface area contributed by atoms with Crippen LogP contribution in [0.1, 0.15) is 6.92 Å². The topological polar surface area (TPSA) is 76.0 Å². The maximum atomic E-state index is 14.5. The highest BCUT2D eigenvalue weighted by atomic mass is 32.2. The molecule has 2 aliphatic rings. The first-order chi connectivity index (χ1) is 13.8. The molecule has 1 amide bonds. The lowest BCUT2D eigenvalue weighted by Gasteiger charge is -2.25. The van der Waals surface area contributed by atoms with Gasteiger partial charge in [-0.1, -0.05) is 42.1 Å². The predicted molar refractivity (Wildman–Crippen MR) is 112 cm³/mol. The zero-order chi connectivity index (χ0) is 20.6. The fraction of sp³-hybridized carbons (Fsp3) is 0.300. The molecule has 4 rings (SSSR count). The van der Waals surface area contributed by atoms with Crippen LogP contribution in [0.15, 0.2) is 59.6 Å². The number of carbonyl (C=O) groups excluding carboxylic acids is 1. The van der Waals surface area contributed by atoms with Crippen LogP contribution in [0.2, 0.25) is 0 Å². The Morgan fingerprint density at radius 3 is 2.59 bits per heavy atom. The molecule has 0 unspecified atom stereocenters. The van der Waals surface area contributed by atoms with Crippen molar-refractivity contribution in [3.8, 4) is 5.75 Å². The summed E-state index contributed by atoms with van der Waals surface area (Å²) in [7, 11) is -3.22. The highest BCUT2D eigenvalue weighted by molar-refractivity contribution is 8.16. The van der Waals surface area contributed by atoms with Gasteiger partial charge in [-0.05, 0) is 31.2 Å². The van der Waals surface area contributed by atoms with Gasteiger partial charge in [0.25, 0.3) is 5.91 Å². The Hall–Kier alpha value is -2.39. The first-order valence-electron chi connectivity index (χ1n) is 9.09. The molecule has 3 atom stereocenters. The number of carbonyl (C=O) groups is 1. The standard InChI is InChI=1S/C20H19FN2O4S2/c1-13(27-14-7-3-2-4-8-14)19(24)22-20-23(16-10-6-5-9-15(16)21)17-11-29(25,26)12-18(17)28-20/h2-10,13,17-18H,11-12H2,1H3/t13-,17-,18-/m0/s1. The first kappa shape index (κ1) is 19.9. The third kappa shape index (κ3) is 4.16. The van der Waals surface area contributed by atoms with Gasteiger partial charge in [0.05, 0.1) is 23.2 Å². The summed E-state index contributed by atoms with van der Waals surface area (Å²) in [6.45, 7) is 1.59. The van der Waals surface area contributed by atoms with Gasteiger partial charge in [0, 0.05) is 5.25 Å². The van der Waals surface area contributed by atoms with Crippen molar-refractivity contribution < 1.29 is 22.3 Å². The fourth-order valence-electron chi connectivity index (χ4n) is 3.43. The fourth-order valence-corrected chi connectivity index (χ4v) is 7.34. The molecule has 0 N–H and O–H groups in total. The van der Waals surface area contributed by atoms with Crippen LogP contribution in [0, 0.1) is 5.82 Å². The first-order valence-corrected chi connectivity index (χ1v) is 11.8. The average Bonchev–Trinajstić information content (AvgIpc) is 3.14. The lowest BCUT2D eigenvalue weighted by Crippen LogP contribution is -2.38. The van der Waals surface area contributed by atoms with Gasteiger partial charge in [-0.3, -0.25) is 4.79 Å². The predicted octanol–water partition coefficient (Wildman–Crippen LogP) is 2.89. The monoisotopic (exact) mass is 434 g/mol. The summed E-state index contributed by atoms with van der Waals surface area (Å²) in [4.78, 5) is 18.4. The molecule has 0 radical (unpaired) electrons. The third-order valence-corrected chi connectivity index (χ3v) is 8.00. The van der Waals surface area contributed by atoms with Gasteiger partial charge in [-0.15, -0.1) is 0 Å². The number of nitrogens with zero attached hydrogens (tertiary/aromatic N) is 2. The molecule has 0 saturated carbocycles. The van der Waals surface area contributed by atoms with Crippen LogP contribution < -0.4 is 9.64 Å². The zero-order valence-corrected chi connectivity index (χ0v) is 17.2. The number of fused-ring (bicyclic) bond motifs is 1. The van der Waals surface area contributed by atoms with E-state index < -0.39 is 33.7 Å². The minimum absolute atomic E-state index is 0.0173. The summed E-state index contributed by atoms with van der Waals surface area (Å²) >= 11 is 1.20. The number of thioether (sulfide) groups is 1. The number of hydrogen-bond acceptors (Lipinski definition) is 5. The zero-order valence-electron chi connectivity index (χ0n) is 15.6. The van der Waals surface area contributed by atoms with Crippen LogP contribution in [0.3, 0.4) is 0 Å². The van der Waals surface area contributed by atoms with Crippen LogP contribution in [-0.2, 0) is 14.6 Å². The van der Waals surface area contributed by atoms with E-state index in [1.54, 1.807) is 54.3 Å². The highest BCUT2D eigenvalue weighted by Gasteiger charge is 2.50. The molecule has 2 aromatic carbocycles. The van der Waals surface area contributed by atoms with Crippen molar-refractivity contribution in [2.75, 3.05) is 16.4 Å². The molecule has 9 heteroatoms. The van der Waals surface area contributed by atoms with E-state index in [0.717, 1.165) is 0 Å². The molecule has 0 bridgehead atoms. The molecule has 0 aromatic heterocycles. The van der Waals surface area contributed by atoms with Crippen molar-refractivity contribution >= 4 is 38.4 Å². The Morgan fingerprint density at radius 2 is 1.86 bits per heavy atom. The van der Waals surface area contributed by atoms with Gasteiger partial charge < -0.3 is 9.64 Å². The van der Waals surface area contributed by atoms with Crippen LogP contribution in [0.4, 0.5) is 10.1 Å². The van der Waals surface area contributed by atoms with Crippen molar-refractivity contribution in [2.24, 2.45) is 4.99 Å². The Bertz CT molecular complexity index is 1060. The second-order valence-electron chi connectivity index (χ2n) is 6.93. The summed E-state index contributed by atoms with van der Waals surface area (Å²) in [6.07, 6.45) is -0.836. The van der Waals surface area contributed by atoms with Gasteiger partial charge in [0.15, 0.2) is 21.1 Å². The smallest absolute Gasteiger partial charge is 0.288 e. The molecule has 2 saturated heterocycles. The molecular weight excluding hydrogens is 415 g/mol. The van der Waals surface area contributed by atoms with E-state index in [-0.39, 0.29) is 22.4 Å². The van der Waals surface area contributed by atoms with Gasteiger partial charge in [0.1, 0.15) is 11.6 Å². The largest absolute Gasteiger partial charge is 0.481 e. The van der Waals surface area contributed by atoms with E-state index in [1.165, 1.54) is 17.8 Å². The minimum atomic E-state index is -3.22. The van der Waals surface area contributed by atoms with E-state index >= 15 is 0 Å². The quantitative estimate of drug-likeness (QED) is 0.737. The second kappa shape index (κ2) is 7.79. The normalized spacial score (nSPS) is 25.0. The second-order valence-corrected chi connectivity index (χ2v) is 10.3. The van der Waals surface area contributed by atoms with Crippen LogP contribution in [-0.4, -0.2) is 48.4 Å². The molecular formula is C20H19FN2O4S2. The summed E-state index contributed by atoms with van der Waals surface area (Å²) in [5, 5.41) is 0.00464. The molecule has 2 aromatic rings. The molecule has 0 spiro atoms. The van der Waals surface area contributed by atoms with Gasteiger partial charge in [-0.2, -0.15) is 4.99 Å². The Kier molecular flexibility index (Phi) is 5.35. The highest BCUT2D eigenvalue weighted by Crippen LogP contribution is 2.41. The Labute approximate surface area is 172 Å². The van der Waals surface area contributed by atoms with Crippen molar-refractivity contribution in [3.63, 3.8) is 0 Å². The van der Waals surface area contributed by atoms with Gasteiger partial charge in [0.2, 0.25) is 0 Å². The molecule has 2 heterocycles. The molecule has 29 heavy (non-hydrogen) atoms. The number of aliphatic imine (C=N–C) groups is 1. The van der Waals surface area contributed by atoms with Crippen molar-refractivity contribution in [2.45, 2.75) is 24.3 Å². The van der Waals surface area contributed by atoms with Crippen molar-refractivity contribution in [1.82, 2.24) is 0 Å². The SMILES string of the molecule is C[C@H](Oc1ccccc1)C(=O)N=C1S[C@H]2CS(=O)(=O)C[C@@H]2N1c1ccccc1F. The maximum Gasteiger partial charge on any atom is 0.288 e. The van der Waals surface area contributed by atoms with Crippen molar-refractivity contribution in [1.29, 1.82) is 0 Å². The molecule has 2 aliphatic heterocycles. The number of benzene rings is 2. The molecule has 0 aliphatic carbocycles. The summed E-state index contributed by atoms with van der Waals surface area (Å²) < 4.78 is 44.3. The molecule has 2 fully saturated rings. The summed E-state index contributed by atoms with van der Waals surface area (Å²) in [6, 6.07) is 14.5. The number of anilines is 1. The van der Waals surface area contributed by atoms with Gasteiger partial charge in [-0.25, -0.2) is 12.8 Å². The number of amides is 1. The Morgan fingerprint density at radius 1 is 1.17 bits per heavy atom. The maximum absolute atomic E-state index is 14.5. The molecule has 152 valence electrons. The van der Waals surface area contributed by atoms with E-state index in [4.69, 9.17) is 4.74 Å². The van der Waals surface area contributed by atoms with Crippen LogP contribution in [0.5, 0.6) is 5.75 Å². The van der Waals surface area contributed by atoms with Gasteiger partial charge >= 0.3 is 0 Å². The number of halogens is 1. The van der Waals surface area contributed by atoms with E-state index in [2.05, 4.69) is 4.99 Å². The lowest BCUT2D eigenvalue weighted by molar-refractivity contribution is -0.123. The number of rotatable bonds is 4. The van der Waals surface area contributed by atoms with Crippen molar-refractivity contribution in [3.05, 3.63) is 60.4 Å². The number of sulfone groups is 1. The third-order valence-electron chi connectivity index (χ3n) is 4.79. The molecule has 6 nitrogen and oxygen atoms in total. The van der Waals surface area contributed by atoms with E-state index in [1.807, 2.05) is 6.07 Å². The number of amidine groups is 1. The number of ether oxygens (including phenoxy) is 1. The van der Waals surface area contributed by atoms with E-state index in [9.17, 15) is 17.6 Å². The summed E-state index contributed by atoms with van der Waals surface area (Å²) in [5.41, 5.74) is 0.216. The summed E-state index contributed by atoms with van der Waals surface area (Å²) in [5.74, 6) is -0.576. The lowest BCUT2D eigenvalue weighted by atomic mass is 10.2. The van der Waals surface area contributed by atoms with E-state index in [0.29, 0.717) is 10.9 Å². The van der Waals surface area contributed by atoms with Crippen LogP contribution >= 0.6 is 11.8 Å². The number of para-hydroxylation sites is 2. The Balaban J connectivity index is 1.63. The minimum Gasteiger partial charge on any atom is -0.481 e.